The summed E-state index contributed by atoms with van der Waals surface area (Å²) < 4.78 is 26.4. The van der Waals surface area contributed by atoms with Crippen molar-refractivity contribution in [1.82, 2.24) is 9.80 Å². The number of nitrogens with one attached hydrogen (secondary N) is 1. The van der Waals surface area contributed by atoms with Crippen LogP contribution < -0.4 is 10.2 Å². The highest BCUT2D eigenvalue weighted by molar-refractivity contribution is 5.89. The third-order valence-electron chi connectivity index (χ3n) is 6.44. The van der Waals surface area contributed by atoms with E-state index in [1.165, 1.54) is 6.07 Å². The number of ether oxygens (including phenoxy) is 2. The molecule has 3 aliphatic heterocycles. The Morgan fingerprint density at radius 2 is 1.77 bits per heavy atom. The molecule has 1 aromatic rings. The zero-order valence-electron chi connectivity index (χ0n) is 18.5. The van der Waals surface area contributed by atoms with Crippen molar-refractivity contribution >= 4 is 17.4 Å². The van der Waals surface area contributed by atoms with Crippen molar-refractivity contribution in [3.8, 4) is 0 Å². The number of carbonyl (C=O) groups is 1. The van der Waals surface area contributed by atoms with Crippen LogP contribution in [0.5, 0.6) is 0 Å². The van der Waals surface area contributed by atoms with E-state index in [-0.39, 0.29) is 24.1 Å². The molecule has 2 amide bonds. The quantitative estimate of drug-likeness (QED) is 0.745. The first-order chi connectivity index (χ1) is 15.1. The van der Waals surface area contributed by atoms with E-state index in [9.17, 15) is 9.18 Å². The summed E-state index contributed by atoms with van der Waals surface area (Å²) in [4.78, 5) is 19.2. The highest BCUT2D eigenvalue weighted by Crippen LogP contribution is 2.25. The van der Waals surface area contributed by atoms with Gasteiger partial charge in [-0.3, -0.25) is 0 Å². The van der Waals surface area contributed by atoms with Gasteiger partial charge in [0.2, 0.25) is 0 Å². The second kappa shape index (κ2) is 10.6. The fourth-order valence-corrected chi connectivity index (χ4v) is 4.64. The van der Waals surface area contributed by atoms with Crippen molar-refractivity contribution in [3.05, 3.63) is 24.0 Å². The predicted molar refractivity (Wildman–Crippen MR) is 119 cm³/mol. The van der Waals surface area contributed by atoms with Crippen molar-refractivity contribution in [2.24, 2.45) is 0 Å². The Kier molecular flexibility index (Phi) is 7.63. The van der Waals surface area contributed by atoms with Gasteiger partial charge in [-0.15, -0.1) is 0 Å². The number of nitrogens with zero attached hydrogens (tertiary/aromatic N) is 3. The maximum atomic E-state index is 14.9. The van der Waals surface area contributed by atoms with Crippen LogP contribution in [0, 0.1) is 5.82 Å². The first kappa shape index (κ1) is 22.3. The number of hydrogen-bond acceptors (Lipinski definition) is 5. The van der Waals surface area contributed by atoms with E-state index < -0.39 is 0 Å². The summed E-state index contributed by atoms with van der Waals surface area (Å²) in [6, 6.07) is 4.77. The molecule has 0 spiro atoms. The fourth-order valence-electron chi connectivity index (χ4n) is 4.64. The molecule has 0 aliphatic carbocycles. The molecule has 4 rings (SSSR count). The van der Waals surface area contributed by atoms with Gasteiger partial charge in [0.25, 0.3) is 0 Å². The van der Waals surface area contributed by atoms with Gasteiger partial charge in [-0.25, -0.2) is 9.18 Å². The van der Waals surface area contributed by atoms with E-state index in [0.29, 0.717) is 24.5 Å². The molecule has 3 saturated heterocycles. The molecule has 172 valence electrons. The molecule has 31 heavy (non-hydrogen) atoms. The van der Waals surface area contributed by atoms with Gasteiger partial charge in [0.1, 0.15) is 5.82 Å². The minimum Gasteiger partial charge on any atom is -0.376 e. The number of carbonyl (C=O) groups excluding carboxylic acids is 1. The van der Waals surface area contributed by atoms with Crippen LogP contribution in [0.25, 0.3) is 0 Å². The Labute approximate surface area is 184 Å². The molecule has 0 saturated carbocycles. The molecule has 3 fully saturated rings. The standard InChI is InChI=1S/C23H35FN4O3/c1-26-9-4-10-27(12-11-26)22-8-7-18(15-21(22)24)25-23(29)28(16-19-5-2-13-30-19)17-20-6-3-14-31-20/h7-8,15,19-20H,2-6,9-14,16-17H2,1H3,(H,25,29)/t19-,20-/m0/s1. The van der Waals surface area contributed by atoms with Crippen LogP contribution in [0.2, 0.25) is 0 Å². The number of halogens is 1. The molecule has 1 aromatic carbocycles. The molecule has 0 aromatic heterocycles. The lowest BCUT2D eigenvalue weighted by Crippen LogP contribution is -2.44. The number of hydrogen-bond donors (Lipinski definition) is 1. The number of likely N-dealkylation sites (N-methyl/N-ethyl adjacent to an activating group) is 1. The number of amides is 2. The van der Waals surface area contributed by atoms with Crippen LogP contribution in [-0.2, 0) is 9.47 Å². The maximum absolute atomic E-state index is 14.9. The summed E-state index contributed by atoms with van der Waals surface area (Å²) in [5, 5.41) is 2.89. The normalized spacial score (nSPS) is 24.9. The smallest absolute Gasteiger partial charge is 0.322 e. The van der Waals surface area contributed by atoms with Crippen molar-refractivity contribution in [2.45, 2.75) is 44.3 Å². The van der Waals surface area contributed by atoms with Crippen molar-refractivity contribution in [3.63, 3.8) is 0 Å². The molecule has 3 heterocycles. The first-order valence-corrected chi connectivity index (χ1v) is 11.6. The van der Waals surface area contributed by atoms with Crippen LogP contribution in [0.15, 0.2) is 18.2 Å². The van der Waals surface area contributed by atoms with Gasteiger partial charge in [0.05, 0.1) is 17.9 Å². The highest BCUT2D eigenvalue weighted by Gasteiger charge is 2.27. The molecule has 3 aliphatic rings. The number of benzene rings is 1. The first-order valence-electron chi connectivity index (χ1n) is 11.6. The zero-order chi connectivity index (χ0) is 21.6. The van der Waals surface area contributed by atoms with Crippen molar-refractivity contribution in [2.75, 3.05) is 69.7 Å². The van der Waals surface area contributed by atoms with Gasteiger partial charge < -0.3 is 29.5 Å². The van der Waals surface area contributed by atoms with Gasteiger partial charge in [0, 0.05) is 51.6 Å². The SMILES string of the molecule is CN1CCCN(c2ccc(NC(=O)N(C[C@@H]3CCCO3)C[C@@H]3CCCO3)cc2F)CC1. The average molecular weight is 435 g/mol. The third kappa shape index (κ3) is 6.08. The van der Waals surface area contributed by atoms with Crippen molar-refractivity contribution < 1.29 is 18.7 Å². The minimum absolute atomic E-state index is 0.0624. The maximum Gasteiger partial charge on any atom is 0.322 e. The Bertz CT molecular complexity index is 720. The molecular weight excluding hydrogens is 399 g/mol. The van der Waals surface area contributed by atoms with Crippen LogP contribution in [0.4, 0.5) is 20.6 Å². The number of rotatable bonds is 6. The third-order valence-corrected chi connectivity index (χ3v) is 6.44. The molecular formula is C23H35FN4O3. The summed E-state index contributed by atoms with van der Waals surface area (Å²) in [7, 11) is 2.09. The Morgan fingerprint density at radius 1 is 1.06 bits per heavy atom. The molecule has 0 bridgehead atoms. The van der Waals surface area contributed by atoms with E-state index in [1.54, 1.807) is 17.0 Å². The van der Waals surface area contributed by atoms with Crippen LogP contribution in [0.1, 0.15) is 32.1 Å². The van der Waals surface area contributed by atoms with Crippen molar-refractivity contribution in [1.29, 1.82) is 0 Å². The van der Waals surface area contributed by atoms with E-state index in [0.717, 1.165) is 71.5 Å². The predicted octanol–water partition coefficient (Wildman–Crippen LogP) is 3.16. The summed E-state index contributed by atoms with van der Waals surface area (Å²) >= 11 is 0. The topological polar surface area (TPSA) is 57.3 Å². The lowest BCUT2D eigenvalue weighted by atomic mass is 10.2. The van der Waals surface area contributed by atoms with E-state index in [2.05, 4.69) is 22.2 Å². The van der Waals surface area contributed by atoms with Gasteiger partial charge in [-0.1, -0.05) is 0 Å². The summed E-state index contributed by atoms with van der Waals surface area (Å²) in [6.07, 6.45) is 5.11. The largest absolute Gasteiger partial charge is 0.376 e. The lowest BCUT2D eigenvalue weighted by Gasteiger charge is -2.28. The van der Waals surface area contributed by atoms with Gasteiger partial charge in [-0.2, -0.15) is 0 Å². The van der Waals surface area contributed by atoms with E-state index in [4.69, 9.17) is 9.47 Å². The molecule has 2 atom stereocenters. The molecule has 1 N–H and O–H groups in total. The zero-order valence-corrected chi connectivity index (χ0v) is 18.5. The Hall–Kier alpha value is -1.90. The second-order valence-electron chi connectivity index (χ2n) is 8.92. The summed E-state index contributed by atoms with van der Waals surface area (Å²) in [5.41, 5.74) is 1.08. The Morgan fingerprint density at radius 3 is 2.39 bits per heavy atom. The fraction of sp³-hybridized carbons (Fsp3) is 0.696. The summed E-state index contributed by atoms with van der Waals surface area (Å²) in [5.74, 6) is -0.299. The van der Waals surface area contributed by atoms with Gasteiger partial charge >= 0.3 is 6.03 Å². The molecule has 0 unspecified atom stereocenters. The number of urea groups is 1. The van der Waals surface area contributed by atoms with Crippen LogP contribution in [-0.4, -0.2) is 87.6 Å². The molecule has 7 nitrogen and oxygen atoms in total. The Balaban J connectivity index is 1.40. The van der Waals surface area contributed by atoms with Gasteiger partial charge in [0.15, 0.2) is 0 Å². The molecule has 0 radical (unpaired) electrons. The van der Waals surface area contributed by atoms with Crippen LogP contribution >= 0.6 is 0 Å². The van der Waals surface area contributed by atoms with E-state index >= 15 is 0 Å². The lowest BCUT2D eigenvalue weighted by molar-refractivity contribution is 0.0524. The summed E-state index contributed by atoms with van der Waals surface area (Å²) in [6.45, 7) is 6.15. The second-order valence-corrected chi connectivity index (χ2v) is 8.92. The molecule has 8 heteroatoms. The van der Waals surface area contributed by atoms with Crippen LogP contribution in [0.3, 0.4) is 0 Å². The van der Waals surface area contributed by atoms with E-state index in [1.807, 2.05) is 0 Å². The minimum atomic E-state index is -0.299. The number of anilines is 2. The average Bonchev–Trinajstić information content (AvgIpc) is 3.41. The highest BCUT2D eigenvalue weighted by atomic mass is 19.1. The monoisotopic (exact) mass is 434 g/mol. The van der Waals surface area contributed by atoms with Gasteiger partial charge in [-0.05, 0) is 63.9 Å².